The molecule has 2 aliphatic rings. The lowest BCUT2D eigenvalue weighted by molar-refractivity contribution is -0.154. The molecule has 13 heavy (non-hydrogen) atoms. The van der Waals surface area contributed by atoms with Gasteiger partial charge in [-0.05, 0) is 19.3 Å². The highest BCUT2D eigenvalue weighted by Gasteiger charge is 2.51. The van der Waals surface area contributed by atoms with Gasteiger partial charge in [0.1, 0.15) is 5.78 Å². The van der Waals surface area contributed by atoms with Gasteiger partial charge in [0, 0.05) is 18.3 Å². The van der Waals surface area contributed by atoms with E-state index in [0.29, 0.717) is 25.0 Å². The Kier molecular flexibility index (Phi) is 1.99. The number of hydrogen-bond donors (Lipinski definition) is 1. The van der Waals surface area contributed by atoms with Gasteiger partial charge in [0.15, 0.2) is 0 Å². The van der Waals surface area contributed by atoms with Gasteiger partial charge >= 0.3 is 0 Å². The minimum absolute atomic E-state index is 0.111. The summed E-state index contributed by atoms with van der Waals surface area (Å²) in [6, 6.07) is 0. The molecule has 0 bridgehead atoms. The van der Waals surface area contributed by atoms with Gasteiger partial charge in [0.2, 0.25) is 0 Å². The molecule has 0 radical (unpaired) electrons. The molecule has 2 nitrogen and oxygen atoms in total. The lowest BCUT2D eigenvalue weighted by Crippen LogP contribution is -2.52. The lowest BCUT2D eigenvalue weighted by atomic mass is 9.57. The number of carbonyl (C=O) groups excluding carboxylic acids is 1. The summed E-state index contributed by atoms with van der Waals surface area (Å²) in [5, 5.41) is 10.4. The largest absolute Gasteiger partial charge is 0.389 e. The van der Waals surface area contributed by atoms with Crippen molar-refractivity contribution in [2.45, 2.75) is 57.5 Å². The van der Waals surface area contributed by atoms with Crippen LogP contribution in [0.5, 0.6) is 0 Å². The molecule has 2 rings (SSSR count). The highest BCUT2D eigenvalue weighted by Crippen LogP contribution is 2.51. The third kappa shape index (κ3) is 1.32. The average Bonchev–Trinajstić information content (AvgIpc) is 2.07. The molecule has 2 atom stereocenters. The van der Waals surface area contributed by atoms with Crippen LogP contribution < -0.4 is 0 Å². The first-order valence-corrected chi connectivity index (χ1v) is 5.30. The highest BCUT2D eigenvalue weighted by atomic mass is 16.3. The number of aliphatic hydroxyl groups is 1. The first-order valence-electron chi connectivity index (χ1n) is 5.30. The van der Waals surface area contributed by atoms with Gasteiger partial charge in [-0.25, -0.2) is 0 Å². The molecule has 0 aromatic heterocycles. The number of Topliss-reactive ketones (excluding diaryl/α,β-unsaturated/α-hetero) is 1. The van der Waals surface area contributed by atoms with E-state index < -0.39 is 5.60 Å². The van der Waals surface area contributed by atoms with E-state index in [1.54, 1.807) is 0 Å². The molecule has 0 heterocycles. The predicted molar refractivity (Wildman–Crippen MR) is 50.4 cm³/mol. The number of ketones is 1. The molecule has 2 fully saturated rings. The van der Waals surface area contributed by atoms with Crippen LogP contribution >= 0.6 is 0 Å². The van der Waals surface area contributed by atoms with Gasteiger partial charge in [-0.3, -0.25) is 4.79 Å². The summed E-state index contributed by atoms with van der Waals surface area (Å²) < 4.78 is 0. The Morgan fingerprint density at radius 1 is 1.23 bits per heavy atom. The molecule has 0 amide bonds. The van der Waals surface area contributed by atoms with Crippen molar-refractivity contribution < 1.29 is 9.90 Å². The molecule has 2 heteroatoms. The summed E-state index contributed by atoms with van der Waals surface area (Å²) in [6.07, 6.45) is 6.11. The zero-order valence-corrected chi connectivity index (χ0v) is 8.31. The summed E-state index contributed by atoms with van der Waals surface area (Å²) in [7, 11) is 0. The van der Waals surface area contributed by atoms with E-state index in [1.807, 2.05) is 0 Å². The van der Waals surface area contributed by atoms with Gasteiger partial charge in [-0.2, -0.15) is 0 Å². The number of rotatable bonds is 0. The second-order valence-electron chi connectivity index (χ2n) is 5.01. The van der Waals surface area contributed by atoms with Crippen LogP contribution in [-0.2, 0) is 4.79 Å². The van der Waals surface area contributed by atoms with E-state index in [4.69, 9.17) is 0 Å². The summed E-state index contributed by atoms with van der Waals surface area (Å²) in [4.78, 5) is 11.4. The van der Waals surface area contributed by atoms with Crippen LogP contribution in [-0.4, -0.2) is 16.5 Å². The number of hydrogen-bond acceptors (Lipinski definition) is 2. The normalized spacial score (nSPS) is 45.8. The van der Waals surface area contributed by atoms with Gasteiger partial charge in [0.25, 0.3) is 0 Å². The third-order valence-electron chi connectivity index (χ3n) is 4.10. The van der Waals surface area contributed by atoms with Crippen molar-refractivity contribution in [1.82, 2.24) is 0 Å². The molecule has 0 aliphatic heterocycles. The predicted octanol–water partition coefficient (Wildman–Crippen LogP) is 2.05. The maximum Gasteiger partial charge on any atom is 0.133 e. The van der Waals surface area contributed by atoms with Crippen molar-refractivity contribution in [1.29, 1.82) is 0 Å². The minimum atomic E-state index is -0.529. The fourth-order valence-electron chi connectivity index (χ4n) is 3.02. The van der Waals surface area contributed by atoms with E-state index in [1.165, 1.54) is 6.42 Å². The monoisotopic (exact) mass is 182 g/mol. The summed E-state index contributed by atoms with van der Waals surface area (Å²) in [6.45, 7) is 2.09. The van der Waals surface area contributed by atoms with E-state index in [9.17, 15) is 9.90 Å². The Bertz CT molecular complexity index is 236. The van der Waals surface area contributed by atoms with Crippen LogP contribution in [0.2, 0.25) is 0 Å². The fraction of sp³-hybridized carbons (Fsp3) is 0.909. The van der Waals surface area contributed by atoms with Gasteiger partial charge in [-0.1, -0.05) is 19.8 Å². The number of carbonyl (C=O) groups is 1. The molecular formula is C11H18O2. The van der Waals surface area contributed by atoms with Crippen LogP contribution in [0.3, 0.4) is 0 Å². The standard InChI is InChI=1S/C11H18O2/c1-10-5-2-3-6-11(10,13)7-4-9(12)8-10/h13H,2-8H2,1H3. The zero-order valence-electron chi connectivity index (χ0n) is 8.31. The second-order valence-corrected chi connectivity index (χ2v) is 5.01. The van der Waals surface area contributed by atoms with E-state index >= 15 is 0 Å². The first-order chi connectivity index (χ1) is 6.06. The first kappa shape index (κ1) is 9.20. The van der Waals surface area contributed by atoms with Crippen LogP contribution in [0, 0.1) is 5.41 Å². The molecule has 2 unspecified atom stereocenters. The zero-order chi connectivity index (χ0) is 9.53. The molecule has 0 aromatic rings. The SMILES string of the molecule is CC12CCCCC1(O)CCC(=O)C2. The fourth-order valence-corrected chi connectivity index (χ4v) is 3.02. The Balaban J connectivity index is 2.25. The lowest BCUT2D eigenvalue weighted by Gasteiger charge is -2.51. The molecule has 2 saturated carbocycles. The molecule has 0 spiro atoms. The average molecular weight is 182 g/mol. The van der Waals surface area contributed by atoms with Gasteiger partial charge in [0.05, 0.1) is 5.60 Å². The van der Waals surface area contributed by atoms with Crippen molar-refractivity contribution in [2.75, 3.05) is 0 Å². The quantitative estimate of drug-likeness (QED) is 0.622. The van der Waals surface area contributed by atoms with Gasteiger partial charge in [-0.15, -0.1) is 0 Å². The Morgan fingerprint density at radius 3 is 2.69 bits per heavy atom. The maximum atomic E-state index is 11.4. The smallest absolute Gasteiger partial charge is 0.133 e. The van der Waals surface area contributed by atoms with Crippen LogP contribution in [0.25, 0.3) is 0 Å². The van der Waals surface area contributed by atoms with Crippen LogP contribution in [0.4, 0.5) is 0 Å². The topological polar surface area (TPSA) is 37.3 Å². The Morgan fingerprint density at radius 2 is 1.92 bits per heavy atom. The van der Waals surface area contributed by atoms with Crippen LogP contribution in [0.15, 0.2) is 0 Å². The molecule has 2 aliphatic carbocycles. The van der Waals surface area contributed by atoms with E-state index in [0.717, 1.165) is 19.3 Å². The van der Waals surface area contributed by atoms with Gasteiger partial charge < -0.3 is 5.11 Å². The maximum absolute atomic E-state index is 11.4. The molecule has 0 saturated heterocycles. The molecule has 1 N–H and O–H groups in total. The van der Waals surface area contributed by atoms with Crippen molar-refractivity contribution >= 4 is 5.78 Å². The third-order valence-corrected chi connectivity index (χ3v) is 4.10. The van der Waals surface area contributed by atoms with E-state index in [2.05, 4.69) is 6.92 Å². The van der Waals surface area contributed by atoms with Crippen molar-refractivity contribution in [3.63, 3.8) is 0 Å². The summed E-state index contributed by atoms with van der Waals surface area (Å²) in [5.74, 6) is 0.342. The van der Waals surface area contributed by atoms with E-state index in [-0.39, 0.29) is 5.41 Å². The number of fused-ring (bicyclic) bond motifs is 1. The second kappa shape index (κ2) is 2.81. The van der Waals surface area contributed by atoms with Crippen molar-refractivity contribution in [3.8, 4) is 0 Å². The van der Waals surface area contributed by atoms with Crippen LogP contribution in [0.1, 0.15) is 51.9 Å². The van der Waals surface area contributed by atoms with Crippen molar-refractivity contribution in [2.24, 2.45) is 5.41 Å². The molecule has 74 valence electrons. The summed E-state index contributed by atoms with van der Waals surface area (Å²) >= 11 is 0. The molecular weight excluding hydrogens is 164 g/mol. The van der Waals surface area contributed by atoms with Crippen molar-refractivity contribution in [3.05, 3.63) is 0 Å². The molecule has 0 aromatic carbocycles. The minimum Gasteiger partial charge on any atom is -0.389 e. The summed E-state index contributed by atoms with van der Waals surface area (Å²) in [5.41, 5.74) is -0.639. The highest BCUT2D eigenvalue weighted by molar-refractivity contribution is 5.80. The Labute approximate surface area is 79.3 Å². The Hall–Kier alpha value is -0.370.